The summed E-state index contributed by atoms with van der Waals surface area (Å²) in [5, 5.41) is 0. The van der Waals surface area contributed by atoms with Gasteiger partial charge < -0.3 is 4.48 Å². The van der Waals surface area contributed by atoms with Crippen molar-refractivity contribution in [1.29, 1.82) is 0 Å². The number of fused-ring (bicyclic) bond motifs is 2. The Balaban J connectivity index is 1.64. The normalized spacial score (nSPS) is 54.1. The fourth-order valence-corrected chi connectivity index (χ4v) is 8.88. The Morgan fingerprint density at radius 3 is 2.38 bits per heavy atom. The fraction of sp³-hybridized carbons (Fsp3) is 1.00. The van der Waals surface area contributed by atoms with E-state index in [4.69, 9.17) is 0 Å². The summed E-state index contributed by atoms with van der Waals surface area (Å²) in [6.45, 7) is 12.8. The minimum Gasteiger partial charge on any atom is -0.328 e. The van der Waals surface area contributed by atoms with Crippen LogP contribution in [0.5, 0.6) is 0 Å². The topological polar surface area (TPSA) is 0 Å². The standard InChI is InChI=1S/C20H36N/c1-15(2)9-21(5,6)14-19-10-17(3)7-16-8-18(4,12-19)20(16,11-17)13-19/h15-16H,7-14H2,1-6H3/q+1. The van der Waals surface area contributed by atoms with E-state index >= 15 is 0 Å². The monoisotopic (exact) mass is 290 g/mol. The van der Waals surface area contributed by atoms with Crippen LogP contribution < -0.4 is 0 Å². The minimum atomic E-state index is 0.672. The molecule has 0 aromatic rings. The first kappa shape index (κ1) is 14.5. The molecule has 21 heavy (non-hydrogen) atoms. The molecule has 4 aliphatic rings. The predicted octanol–water partition coefficient (Wildman–Crippen LogP) is 4.72. The molecule has 5 atom stereocenters. The van der Waals surface area contributed by atoms with E-state index in [0.717, 1.165) is 17.3 Å². The molecular weight excluding hydrogens is 254 g/mol. The summed E-state index contributed by atoms with van der Waals surface area (Å²) in [5.74, 6) is 1.91. The molecule has 0 aromatic carbocycles. The summed E-state index contributed by atoms with van der Waals surface area (Å²) in [5.41, 5.74) is 2.85. The van der Waals surface area contributed by atoms with E-state index in [1.54, 1.807) is 32.1 Å². The van der Waals surface area contributed by atoms with E-state index in [1.807, 2.05) is 0 Å². The number of nitrogens with zero attached hydrogens (tertiary/aromatic N) is 1. The average molecular weight is 291 g/mol. The molecule has 0 aliphatic heterocycles. The summed E-state index contributed by atoms with van der Waals surface area (Å²) < 4.78 is 1.24. The molecule has 4 fully saturated rings. The molecular formula is C20H36N+. The third kappa shape index (κ3) is 1.79. The van der Waals surface area contributed by atoms with Crippen LogP contribution in [0.25, 0.3) is 0 Å². The van der Waals surface area contributed by atoms with Gasteiger partial charge in [0, 0.05) is 11.3 Å². The van der Waals surface area contributed by atoms with E-state index < -0.39 is 0 Å². The molecule has 4 rings (SSSR count). The van der Waals surface area contributed by atoms with Crippen molar-refractivity contribution in [3.8, 4) is 0 Å². The second-order valence-electron chi connectivity index (χ2n) is 11.5. The van der Waals surface area contributed by atoms with Crippen molar-refractivity contribution >= 4 is 0 Å². The van der Waals surface area contributed by atoms with E-state index in [2.05, 4.69) is 41.8 Å². The van der Waals surface area contributed by atoms with Gasteiger partial charge in [0.25, 0.3) is 0 Å². The van der Waals surface area contributed by atoms with Crippen molar-refractivity contribution < 1.29 is 4.48 Å². The summed E-state index contributed by atoms with van der Waals surface area (Å²) in [6, 6.07) is 0. The van der Waals surface area contributed by atoms with Gasteiger partial charge in [-0.05, 0) is 60.7 Å². The Kier molecular flexibility index (Phi) is 2.57. The molecule has 3 bridgehead atoms. The Hall–Kier alpha value is -0.0400. The van der Waals surface area contributed by atoms with Gasteiger partial charge in [-0.2, -0.15) is 0 Å². The zero-order chi connectivity index (χ0) is 15.3. The van der Waals surface area contributed by atoms with Crippen LogP contribution in [0, 0.1) is 33.5 Å². The Morgan fingerprint density at radius 1 is 1.00 bits per heavy atom. The molecule has 1 spiro atoms. The second kappa shape index (κ2) is 3.71. The molecule has 0 N–H and O–H groups in total. The van der Waals surface area contributed by atoms with Crippen molar-refractivity contribution in [3.63, 3.8) is 0 Å². The largest absolute Gasteiger partial charge is 0.328 e. The van der Waals surface area contributed by atoms with Gasteiger partial charge in [0.2, 0.25) is 0 Å². The van der Waals surface area contributed by atoms with Crippen LogP contribution in [0.4, 0.5) is 0 Å². The van der Waals surface area contributed by atoms with Crippen LogP contribution in [0.3, 0.4) is 0 Å². The van der Waals surface area contributed by atoms with E-state index in [1.165, 1.54) is 24.0 Å². The molecule has 0 amide bonds. The second-order valence-corrected chi connectivity index (χ2v) is 11.5. The van der Waals surface area contributed by atoms with Gasteiger partial charge in [0.1, 0.15) is 0 Å². The quantitative estimate of drug-likeness (QED) is 0.657. The van der Waals surface area contributed by atoms with E-state index in [-0.39, 0.29) is 0 Å². The minimum absolute atomic E-state index is 0.672. The highest BCUT2D eigenvalue weighted by atomic mass is 15.3. The zero-order valence-electron chi connectivity index (χ0n) is 15.3. The lowest BCUT2D eigenvalue weighted by molar-refractivity contribution is -0.900. The number of quaternary nitrogens is 1. The SMILES string of the molecule is CC(C)C[N+](C)(C)CC12CC3(C)CC4CC(C)(C1)C4(C3)C2. The molecule has 4 aliphatic carbocycles. The molecule has 0 saturated heterocycles. The van der Waals surface area contributed by atoms with Crippen molar-refractivity contribution in [3.05, 3.63) is 0 Å². The van der Waals surface area contributed by atoms with Gasteiger partial charge in [-0.25, -0.2) is 0 Å². The van der Waals surface area contributed by atoms with Crippen LogP contribution >= 0.6 is 0 Å². The first-order chi connectivity index (χ1) is 9.51. The molecule has 120 valence electrons. The van der Waals surface area contributed by atoms with Crippen molar-refractivity contribution in [1.82, 2.24) is 0 Å². The summed E-state index contributed by atoms with van der Waals surface area (Å²) in [4.78, 5) is 0. The van der Waals surface area contributed by atoms with Gasteiger partial charge >= 0.3 is 0 Å². The van der Waals surface area contributed by atoms with Gasteiger partial charge in [0.05, 0.1) is 27.2 Å². The Labute approximate surface area is 132 Å². The average Bonchev–Trinajstić information content (AvgIpc) is 2.47. The van der Waals surface area contributed by atoms with Crippen LogP contribution in [-0.2, 0) is 0 Å². The highest BCUT2D eigenvalue weighted by Crippen LogP contribution is 2.86. The first-order valence-electron chi connectivity index (χ1n) is 9.33. The molecule has 1 nitrogen and oxygen atoms in total. The molecule has 4 saturated carbocycles. The Bertz CT molecular complexity index is 476. The third-order valence-corrected chi connectivity index (χ3v) is 8.04. The van der Waals surface area contributed by atoms with Crippen LogP contribution in [0.15, 0.2) is 0 Å². The maximum Gasteiger partial charge on any atom is 0.0840 e. The molecule has 0 aromatic heterocycles. The van der Waals surface area contributed by atoms with E-state index in [9.17, 15) is 0 Å². The van der Waals surface area contributed by atoms with Gasteiger partial charge in [-0.15, -0.1) is 0 Å². The van der Waals surface area contributed by atoms with Crippen molar-refractivity contribution in [2.45, 2.75) is 66.2 Å². The van der Waals surface area contributed by atoms with Crippen LogP contribution in [0.2, 0.25) is 0 Å². The Morgan fingerprint density at radius 2 is 1.71 bits per heavy atom. The fourth-order valence-electron chi connectivity index (χ4n) is 8.88. The van der Waals surface area contributed by atoms with Crippen molar-refractivity contribution in [2.75, 3.05) is 27.2 Å². The van der Waals surface area contributed by atoms with Gasteiger partial charge in [0.15, 0.2) is 0 Å². The highest BCUT2D eigenvalue weighted by Gasteiger charge is 2.79. The van der Waals surface area contributed by atoms with Crippen molar-refractivity contribution in [2.24, 2.45) is 33.5 Å². The van der Waals surface area contributed by atoms with E-state index in [0.29, 0.717) is 16.2 Å². The zero-order valence-corrected chi connectivity index (χ0v) is 15.3. The number of hydrogen-bond acceptors (Lipinski definition) is 0. The maximum atomic E-state index is 2.66. The molecule has 0 heterocycles. The molecule has 5 unspecified atom stereocenters. The summed E-state index contributed by atoms with van der Waals surface area (Å²) in [6.07, 6.45) is 9.35. The lowest BCUT2D eigenvalue weighted by Crippen LogP contribution is -2.51. The first-order valence-corrected chi connectivity index (χ1v) is 9.33. The lowest BCUT2D eigenvalue weighted by atomic mass is 9.47. The smallest absolute Gasteiger partial charge is 0.0840 e. The van der Waals surface area contributed by atoms with Gasteiger partial charge in [-0.3, -0.25) is 0 Å². The summed E-state index contributed by atoms with van der Waals surface area (Å²) >= 11 is 0. The number of rotatable bonds is 4. The maximum absolute atomic E-state index is 2.66. The molecule has 0 radical (unpaired) electrons. The van der Waals surface area contributed by atoms with Crippen LogP contribution in [-0.4, -0.2) is 31.7 Å². The lowest BCUT2D eigenvalue weighted by Gasteiger charge is -2.57. The molecule has 1 heteroatoms. The van der Waals surface area contributed by atoms with Crippen LogP contribution in [0.1, 0.15) is 66.2 Å². The van der Waals surface area contributed by atoms with Gasteiger partial charge in [-0.1, -0.05) is 27.7 Å². The highest BCUT2D eigenvalue weighted by molar-refractivity contribution is 5.27. The summed E-state index contributed by atoms with van der Waals surface area (Å²) in [7, 11) is 4.98. The predicted molar refractivity (Wildman–Crippen MR) is 89.0 cm³/mol. The third-order valence-electron chi connectivity index (χ3n) is 8.04. The number of hydrogen-bond donors (Lipinski definition) is 0.